The summed E-state index contributed by atoms with van der Waals surface area (Å²) in [6.07, 6.45) is 3.37. The SMILES string of the molecule is Cc1ccc(Br)c(C2(CN)CCC2)c1O. The summed E-state index contributed by atoms with van der Waals surface area (Å²) in [7, 11) is 0. The third kappa shape index (κ3) is 1.58. The van der Waals surface area contributed by atoms with Crippen molar-refractivity contribution >= 4 is 15.9 Å². The lowest BCUT2D eigenvalue weighted by Crippen LogP contribution is -2.41. The average molecular weight is 270 g/mol. The first-order chi connectivity index (χ1) is 7.10. The molecule has 2 nitrogen and oxygen atoms in total. The Morgan fingerprint density at radius 1 is 1.47 bits per heavy atom. The zero-order chi connectivity index (χ0) is 11.1. The normalized spacial score (nSPS) is 18.6. The van der Waals surface area contributed by atoms with Gasteiger partial charge in [0.25, 0.3) is 0 Å². The first-order valence-corrected chi connectivity index (χ1v) is 6.09. The van der Waals surface area contributed by atoms with Gasteiger partial charge >= 0.3 is 0 Å². The molecule has 0 aromatic heterocycles. The number of aryl methyl sites for hydroxylation is 1. The lowest BCUT2D eigenvalue weighted by Gasteiger charge is -2.42. The van der Waals surface area contributed by atoms with E-state index in [0.717, 1.165) is 28.4 Å². The molecule has 1 aliphatic rings. The van der Waals surface area contributed by atoms with Crippen molar-refractivity contribution < 1.29 is 5.11 Å². The van der Waals surface area contributed by atoms with Crippen LogP contribution in [0.1, 0.15) is 30.4 Å². The smallest absolute Gasteiger partial charge is 0.123 e. The van der Waals surface area contributed by atoms with E-state index in [2.05, 4.69) is 15.9 Å². The van der Waals surface area contributed by atoms with Crippen LogP contribution in [0.25, 0.3) is 0 Å². The maximum absolute atomic E-state index is 10.1. The Morgan fingerprint density at radius 2 is 2.13 bits per heavy atom. The van der Waals surface area contributed by atoms with Crippen molar-refractivity contribution in [3.63, 3.8) is 0 Å². The van der Waals surface area contributed by atoms with Crippen molar-refractivity contribution in [2.75, 3.05) is 6.54 Å². The number of hydrogen-bond acceptors (Lipinski definition) is 2. The molecule has 1 aliphatic carbocycles. The number of benzene rings is 1. The molecule has 15 heavy (non-hydrogen) atoms. The van der Waals surface area contributed by atoms with E-state index in [0.29, 0.717) is 12.3 Å². The van der Waals surface area contributed by atoms with Gasteiger partial charge in [-0.15, -0.1) is 0 Å². The molecule has 3 N–H and O–H groups in total. The molecule has 0 heterocycles. The van der Waals surface area contributed by atoms with Crippen LogP contribution < -0.4 is 5.73 Å². The highest BCUT2D eigenvalue weighted by Crippen LogP contribution is 2.49. The van der Waals surface area contributed by atoms with Gasteiger partial charge in [0.05, 0.1) is 0 Å². The third-order valence-electron chi connectivity index (χ3n) is 3.56. The maximum Gasteiger partial charge on any atom is 0.123 e. The summed E-state index contributed by atoms with van der Waals surface area (Å²) in [5.41, 5.74) is 7.80. The number of rotatable bonds is 2. The molecule has 1 aromatic carbocycles. The van der Waals surface area contributed by atoms with Crippen molar-refractivity contribution in [1.29, 1.82) is 0 Å². The molecule has 0 bridgehead atoms. The molecule has 3 heteroatoms. The molecular formula is C12H16BrNO. The summed E-state index contributed by atoms with van der Waals surface area (Å²) < 4.78 is 0.982. The first-order valence-electron chi connectivity index (χ1n) is 5.29. The zero-order valence-corrected chi connectivity index (χ0v) is 10.5. The first kappa shape index (κ1) is 11.0. The summed E-state index contributed by atoms with van der Waals surface area (Å²) >= 11 is 3.52. The van der Waals surface area contributed by atoms with Crippen LogP contribution in [0.15, 0.2) is 16.6 Å². The second kappa shape index (κ2) is 3.80. The molecule has 0 amide bonds. The van der Waals surface area contributed by atoms with E-state index < -0.39 is 0 Å². The van der Waals surface area contributed by atoms with Crippen molar-refractivity contribution in [2.24, 2.45) is 5.73 Å². The monoisotopic (exact) mass is 269 g/mol. The second-order valence-electron chi connectivity index (χ2n) is 4.43. The van der Waals surface area contributed by atoms with Gasteiger partial charge in [0.2, 0.25) is 0 Å². The highest BCUT2D eigenvalue weighted by molar-refractivity contribution is 9.10. The van der Waals surface area contributed by atoms with E-state index in [1.54, 1.807) is 0 Å². The largest absolute Gasteiger partial charge is 0.507 e. The van der Waals surface area contributed by atoms with Crippen LogP contribution in [0, 0.1) is 6.92 Å². The number of halogens is 1. The predicted octanol–water partition coefficient (Wildman–Crippen LogP) is 2.84. The third-order valence-corrected chi connectivity index (χ3v) is 4.22. The Balaban J connectivity index is 2.55. The quantitative estimate of drug-likeness (QED) is 0.868. The van der Waals surface area contributed by atoms with E-state index in [-0.39, 0.29) is 5.41 Å². The van der Waals surface area contributed by atoms with Crippen LogP contribution in [-0.4, -0.2) is 11.7 Å². The average Bonchev–Trinajstić information content (AvgIpc) is 2.16. The molecule has 0 unspecified atom stereocenters. The van der Waals surface area contributed by atoms with Crippen molar-refractivity contribution in [1.82, 2.24) is 0 Å². The minimum absolute atomic E-state index is 0.00887. The number of hydrogen-bond donors (Lipinski definition) is 2. The van der Waals surface area contributed by atoms with Crippen LogP contribution in [0.2, 0.25) is 0 Å². The molecule has 1 fully saturated rings. The Hall–Kier alpha value is -0.540. The van der Waals surface area contributed by atoms with Gasteiger partial charge in [0.1, 0.15) is 5.75 Å². The minimum Gasteiger partial charge on any atom is -0.507 e. The summed E-state index contributed by atoms with van der Waals surface area (Å²) in [5, 5.41) is 10.1. The van der Waals surface area contributed by atoms with Gasteiger partial charge < -0.3 is 10.8 Å². The molecule has 1 aromatic rings. The summed E-state index contributed by atoms with van der Waals surface area (Å²) in [4.78, 5) is 0. The maximum atomic E-state index is 10.1. The Morgan fingerprint density at radius 3 is 2.60 bits per heavy atom. The van der Waals surface area contributed by atoms with Crippen LogP contribution in [0.5, 0.6) is 5.75 Å². The fourth-order valence-electron chi connectivity index (χ4n) is 2.33. The van der Waals surface area contributed by atoms with Gasteiger partial charge in [0, 0.05) is 22.0 Å². The van der Waals surface area contributed by atoms with Gasteiger partial charge in [-0.25, -0.2) is 0 Å². The van der Waals surface area contributed by atoms with E-state index >= 15 is 0 Å². The van der Waals surface area contributed by atoms with Crippen molar-refractivity contribution in [2.45, 2.75) is 31.6 Å². The minimum atomic E-state index is 0.00887. The highest BCUT2D eigenvalue weighted by atomic mass is 79.9. The van der Waals surface area contributed by atoms with Gasteiger partial charge in [-0.2, -0.15) is 0 Å². The topological polar surface area (TPSA) is 46.2 Å². The molecule has 0 saturated heterocycles. The number of phenols is 1. The molecule has 2 rings (SSSR count). The molecule has 0 spiro atoms. The van der Waals surface area contributed by atoms with Crippen molar-refractivity contribution in [3.05, 3.63) is 27.7 Å². The summed E-state index contributed by atoms with van der Waals surface area (Å²) in [6.45, 7) is 2.54. The van der Waals surface area contributed by atoms with E-state index in [9.17, 15) is 5.11 Å². The Labute approximate surface area is 98.6 Å². The fraction of sp³-hybridized carbons (Fsp3) is 0.500. The molecule has 1 saturated carbocycles. The van der Waals surface area contributed by atoms with Gasteiger partial charge in [-0.1, -0.05) is 28.4 Å². The van der Waals surface area contributed by atoms with Crippen LogP contribution >= 0.6 is 15.9 Å². The predicted molar refractivity (Wildman–Crippen MR) is 65.1 cm³/mol. The lowest BCUT2D eigenvalue weighted by molar-refractivity contribution is 0.243. The van der Waals surface area contributed by atoms with E-state index in [1.807, 2.05) is 19.1 Å². The van der Waals surface area contributed by atoms with Crippen molar-refractivity contribution in [3.8, 4) is 5.75 Å². The summed E-state index contributed by atoms with van der Waals surface area (Å²) in [5.74, 6) is 0.412. The van der Waals surface area contributed by atoms with Gasteiger partial charge in [-0.3, -0.25) is 0 Å². The molecule has 0 radical (unpaired) electrons. The standard InChI is InChI=1S/C12H16BrNO/c1-8-3-4-9(13)10(11(8)15)12(7-14)5-2-6-12/h3-4,15H,2,5-7,14H2,1H3. The molecular weight excluding hydrogens is 254 g/mol. The Bertz CT molecular complexity index is 380. The van der Waals surface area contributed by atoms with Crippen LogP contribution in [-0.2, 0) is 5.41 Å². The van der Waals surface area contributed by atoms with Crippen LogP contribution in [0.4, 0.5) is 0 Å². The number of nitrogens with two attached hydrogens (primary N) is 1. The number of aromatic hydroxyl groups is 1. The number of phenolic OH excluding ortho intramolecular Hbond substituents is 1. The lowest BCUT2D eigenvalue weighted by atomic mass is 9.64. The van der Waals surface area contributed by atoms with E-state index in [1.165, 1.54) is 6.42 Å². The van der Waals surface area contributed by atoms with Gasteiger partial charge in [-0.05, 0) is 31.4 Å². The highest BCUT2D eigenvalue weighted by Gasteiger charge is 2.40. The summed E-state index contributed by atoms with van der Waals surface area (Å²) in [6, 6.07) is 3.92. The molecule has 0 aliphatic heterocycles. The zero-order valence-electron chi connectivity index (χ0n) is 8.89. The second-order valence-corrected chi connectivity index (χ2v) is 5.28. The molecule has 82 valence electrons. The molecule has 0 atom stereocenters. The fourth-order valence-corrected chi connectivity index (χ4v) is 3.08. The van der Waals surface area contributed by atoms with Crippen LogP contribution in [0.3, 0.4) is 0 Å². The van der Waals surface area contributed by atoms with E-state index in [4.69, 9.17) is 5.73 Å². The Kier molecular flexibility index (Phi) is 2.77. The van der Waals surface area contributed by atoms with Gasteiger partial charge in [0.15, 0.2) is 0 Å².